The van der Waals surface area contributed by atoms with Gasteiger partial charge in [0.25, 0.3) is 0 Å². The minimum absolute atomic E-state index is 0.305. The Labute approximate surface area is 74.7 Å². The number of halogens is 2. The molecular weight excluding hydrogens is 267 g/mol. The van der Waals surface area contributed by atoms with Gasteiger partial charge in [0.05, 0.1) is 0 Å². The molecular formula is C8H11F2NSn. The fourth-order valence-electron chi connectivity index (χ4n) is 1.13. The van der Waals surface area contributed by atoms with E-state index in [1.54, 1.807) is 0 Å². The summed E-state index contributed by atoms with van der Waals surface area (Å²) >= 11 is -2.63. The third-order valence-corrected chi connectivity index (χ3v) is 7.25. The van der Waals surface area contributed by atoms with Crippen molar-refractivity contribution in [1.29, 1.82) is 0 Å². The van der Waals surface area contributed by atoms with Gasteiger partial charge in [-0.3, -0.25) is 0 Å². The molecule has 0 atom stereocenters. The number of hydrogen-bond acceptors (Lipinski definition) is 1. The predicted molar refractivity (Wildman–Crippen MR) is 47.1 cm³/mol. The van der Waals surface area contributed by atoms with Crippen molar-refractivity contribution in [3.05, 3.63) is 24.0 Å². The molecule has 0 aliphatic rings. The van der Waals surface area contributed by atoms with Crippen LogP contribution in [0.3, 0.4) is 0 Å². The number of nitrogens with zero attached hydrogens (tertiary/aromatic N) is 1. The van der Waals surface area contributed by atoms with E-state index < -0.39 is 30.0 Å². The summed E-state index contributed by atoms with van der Waals surface area (Å²) in [6.45, 7) is 0. The van der Waals surface area contributed by atoms with E-state index in [9.17, 15) is 8.78 Å². The zero-order valence-electron chi connectivity index (χ0n) is 7.36. The first-order valence-corrected chi connectivity index (χ1v) is 13.7. The first-order valence-electron chi connectivity index (χ1n) is 3.72. The summed E-state index contributed by atoms with van der Waals surface area (Å²) in [6, 6.07) is 0. The maximum absolute atomic E-state index is 13.1. The van der Waals surface area contributed by atoms with Gasteiger partial charge in [0.15, 0.2) is 0 Å². The van der Waals surface area contributed by atoms with E-state index in [1.807, 2.05) is 14.8 Å². The molecule has 1 aromatic rings. The van der Waals surface area contributed by atoms with Crippen molar-refractivity contribution in [1.82, 2.24) is 4.98 Å². The van der Waals surface area contributed by atoms with Gasteiger partial charge < -0.3 is 0 Å². The quantitative estimate of drug-likeness (QED) is 0.715. The molecule has 0 unspecified atom stereocenters. The first-order chi connectivity index (χ1) is 5.43. The fourth-order valence-corrected chi connectivity index (χ4v) is 5.59. The molecule has 0 radical (unpaired) electrons. The van der Waals surface area contributed by atoms with Crippen molar-refractivity contribution in [2.75, 3.05) is 0 Å². The topological polar surface area (TPSA) is 12.9 Å². The van der Waals surface area contributed by atoms with Crippen LogP contribution in [-0.4, -0.2) is 23.4 Å². The van der Waals surface area contributed by atoms with Gasteiger partial charge in [0, 0.05) is 0 Å². The number of rotatable bonds is 1. The minimum atomic E-state index is -2.63. The van der Waals surface area contributed by atoms with E-state index in [-0.39, 0.29) is 0 Å². The van der Waals surface area contributed by atoms with Gasteiger partial charge in [0.2, 0.25) is 0 Å². The summed E-state index contributed by atoms with van der Waals surface area (Å²) in [5.41, 5.74) is 0. The fraction of sp³-hybridized carbons (Fsp3) is 0.375. The average molecular weight is 278 g/mol. The molecule has 0 aromatic carbocycles. The summed E-state index contributed by atoms with van der Waals surface area (Å²) in [5.74, 6) is -0.975. The molecule has 1 rings (SSSR count). The van der Waals surface area contributed by atoms with Crippen molar-refractivity contribution < 1.29 is 8.78 Å². The Morgan fingerprint density at radius 3 is 1.75 bits per heavy atom. The number of aromatic nitrogens is 1. The molecule has 1 aromatic heterocycles. The van der Waals surface area contributed by atoms with Crippen LogP contribution >= 0.6 is 0 Å². The SMILES string of the molecule is [CH3][Sn]([CH3])([CH3])[c]1c(F)cncc1F. The molecule has 0 spiro atoms. The van der Waals surface area contributed by atoms with Crippen LogP contribution in [0.1, 0.15) is 0 Å². The maximum atomic E-state index is 13.1. The molecule has 4 heteroatoms. The Kier molecular flexibility index (Phi) is 2.70. The van der Waals surface area contributed by atoms with E-state index in [1.165, 1.54) is 0 Å². The Balaban J connectivity index is 3.31. The zero-order valence-corrected chi connectivity index (χ0v) is 10.2. The van der Waals surface area contributed by atoms with Crippen LogP contribution < -0.4 is 3.58 Å². The Hall–Kier alpha value is -0.191. The van der Waals surface area contributed by atoms with Crippen LogP contribution in [0.4, 0.5) is 8.78 Å². The monoisotopic (exact) mass is 279 g/mol. The Bertz CT molecular complexity index is 273. The normalized spacial score (nSPS) is 11.8. The second-order valence-electron chi connectivity index (χ2n) is 3.73. The van der Waals surface area contributed by atoms with Crippen molar-refractivity contribution in [3.8, 4) is 0 Å². The van der Waals surface area contributed by atoms with Crippen LogP contribution in [0.2, 0.25) is 14.8 Å². The van der Waals surface area contributed by atoms with Crippen LogP contribution in [0, 0.1) is 11.6 Å². The number of pyridine rings is 1. The van der Waals surface area contributed by atoms with Gasteiger partial charge in [-0.05, 0) is 0 Å². The molecule has 0 saturated heterocycles. The van der Waals surface area contributed by atoms with Crippen molar-refractivity contribution in [2.24, 2.45) is 0 Å². The molecule has 12 heavy (non-hydrogen) atoms. The number of hydrogen-bond donors (Lipinski definition) is 0. The van der Waals surface area contributed by atoms with E-state index >= 15 is 0 Å². The molecule has 0 N–H and O–H groups in total. The summed E-state index contributed by atoms with van der Waals surface area (Å²) in [4.78, 5) is 9.35. The third-order valence-electron chi connectivity index (χ3n) is 1.60. The van der Waals surface area contributed by atoms with Crippen molar-refractivity contribution in [2.45, 2.75) is 14.8 Å². The standard InChI is InChI=1S/C5H2F2N.3CH3.Sn/c6-4-1-5(7)3-8-2-4;;;;/h2-3H;3*1H3;. The van der Waals surface area contributed by atoms with Gasteiger partial charge in [0.1, 0.15) is 0 Å². The van der Waals surface area contributed by atoms with E-state index in [4.69, 9.17) is 0 Å². The molecule has 1 nitrogen and oxygen atoms in total. The van der Waals surface area contributed by atoms with E-state index in [0.29, 0.717) is 3.58 Å². The predicted octanol–water partition coefficient (Wildman–Crippen LogP) is 1.91. The second-order valence-corrected chi connectivity index (χ2v) is 18.0. The Morgan fingerprint density at radius 1 is 1.08 bits per heavy atom. The summed E-state index contributed by atoms with van der Waals surface area (Å²) in [7, 11) is 0. The van der Waals surface area contributed by atoms with Crippen molar-refractivity contribution >= 4 is 22.0 Å². The molecule has 66 valence electrons. The second kappa shape index (κ2) is 3.28. The Morgan fingerprint density at radius 2 is 1.50 bits per heavy atom. The zero-order chi connectivity index (χ0) is 9.35. The molecule has 0 bridgehead atoms. The van der Waals surface area contributed by atoms with Crippen LogP contribution in [-0.2, 0) is 0 Å². The van der Waals surface area contributed by atoms with Crippen LogP contribution in [0.5, 0.6) is 0 Å². The third kappa shape index (κ3) is 1.94. The molecule has 0 saturated carbocycles. The first kappa shape index (κ1) is 9.89. The van der Waals surface area contributed by atoms with Gasteiger partial charge in [-0.2, -0.15) is 0 Å². The summed E-state index contributed by atoms with van der Waals surface area (Å²) < 4.78 is 26.5. The van der Waals surface area contributed by atoms with Crippen LogP contribution in [0.25, 0.3) is 0 Å². The van der Waals surface area contributed by atoms with Gasteiger partial charge >= 0.3 is 74.6 Å². The molecule has 0 aliphatic heterocycles. The van der Waals surface area contributed by atoms with Crippen LogP contribution in [0.15, 0.2) is 12.4 Å². The average Bonchev–Trinajstić information content (AvgIpc) is 1.82. The molecule has 1 heterocycles. The van der Waals surface area contributed by atoms with Gasteiger partial charge in [-0.15, -0.1) is 0 Å². The molecule has 0 aliphatic carbocycles. The summed E-state index contributed by atoms with van der Waals surface area (Å²) in [5, 5.41) is 0. The van der Waals surface area contributed by atoms with E-state index in [2.05, 4.69) is 4.98 Å². The molecule has 0 fully saturated rings. The van der Waals surface area contributed by atoms with E-state index in [0.717, 1.165) is 12.4 Å². The molecule has 0 amide bonds. The van der Waals surface area contributed by atoms with Crippen molar-refractivity contribution in [3.63, 3.8) is 0 Å². The summed E-state index contributed by atoms with van der Waals surface area (Å²) in [6.07, 6.45) is 2.17. The van der Waals surface area contributed by atoms with Gasteiger partial charge in [-0.25, -0.2) is 0 Å². The van der Waals surface area contributed by atoms with Gasteiger partial charge in [-0.1, -0.05) is 0 Å².